The molecular weight excluding hydrogens is 364 g/mol. The lowest BCUT2D eigenvalue weighted by Crippen LogP contribution is -2.15. The van der Waals surface area contributed by atoms with Gasteiger partial charge in [0, 0.05) is 29.8 Å². The summed E-state index contributed by atoms with van der Waals surface area (Å²) in [6, 6.07) is 11.3. The first kappa shape index (κ1) is 20.8. The van der Waals surface area contributed by atoms with Crippen LogP contribution < -0.4 is 5.32 Å². The zero-order valence-electron chi connectivity index (χ0n) is 15.5. The lowest BCUT2D eigenvalue weighted by Gasteiger charge is -2.08. The Morgan fingerprint density at radius 1 is 1.07 bits per heavy atom. The Labute approximate surface area is 161 Å². The van der Waals surface area contributed by atoms with Gasteiger partial charge in [-0.3, -0.25) is 19.7 Å². The van der Waals surface area contributed by atoms with Crippen LogP contribution in [0, 0.1) is 16.0 Å². The first-order chi connectivity index (χ1) is 13.3. The summed E-state index contributed by atoms with van der Waals surface area (Å²) in [5, 5.41) is 13.5. The number of nitro groups is 1. The summed E-state index contributed by atoms with van der Waals surface area (Å²) in [6.45, 7) is 3.38. The van der Waals surface area contributed by atoms with Crippen molar-refractivity contribution < 1.29 is 24.0 Å². The van der Waals surface area contributed by atoms with Crippen LogP contribution in [0.3, 0.4) is 0 Å². The fourth-order valence-electron chi connectivity index (χ4n) is 2.37. The number of ketones is 1. The van der Waals surface area contributed by atoms with Crippen molar-refractivity contribution in [3.63, 3.8) is 0 Å². The van der Waals surface area contributed by atoms with Crippen LogP contribution in [0.1, 0.15) is 41.0 Å². The SMILES string of the molecule is CC(C)CC(=O)Nc1ccc(C(=O)COC(=O)c2cccc([N+](=O)[O-])c2)cc1. The van der Waals surface area contributed by atoms with Gasteiger partial charge in [0.25, 0.3) is 5.69 Å². The molecule has 0 aliphatic carbocycles. The number of carbonyl (C=O) groups is 3. The number of benzene rings is 2. The number of anilines is 1. The molecule has 2 aromatic carbocycles. The first-order valence-electron chi connectivity index (χ1n) is 8.61. The molecule has 0 aromatic heterocycles. The van der Waals surface area contributed by atoms with Gasteiger partial charge in [0.05, 0.1) is 10.5 Å². The average molecular weight is 384 g/mol. The molecule has 0 atom stereocenters. The summed E-state index contributed by atoms with van der Waals surface area (Å²) in [4.78, 5) is 46.0. The summed E-state index contributed by atoms with van der Waals surface area (Å²) in [7, 11) is 0. The van der Waals surface area contributed by atoms with Crippen LogP contribution in [-0.2, 0) is 9.53 Å². The number of ether oxygens (including phenoxy) is 1. The fourth-order valence-corrected chi connectivity index (χ4v) is 2.37. The minimum Gasteiger partial charge on any atom is -0.454 e. The van der Waals surface area contributed by atoms with Crippen LogP contribution in [0.25, 0.3) is 0 Å². The van der Waals surface area contributed by atoms with Crippen LogP contribution in [0.15, 0.2) is 48.5 Å². The van der Waals surface area contributed by atoms with Gasteiger partial charge in [-0.25, -0.2) is 4.79 Å². The average Bonchev–Trinajstić information content (AvgIpc) is 2.65. The smallest absolute Gasteiger partial charge is 0.338 e. The van der Waals surface area contributed by atoms with Crippen LogP contribution in [0.2, 0.25) is 0 Å². The maximum atomic E-state index is 12.2. The van der Waals surface area contributed by atoms with Gasteiger partial charge in [0.1, 0.15) is 0 Å². The summed E-state index contributed by atoms with van der Waals surface area (Å²) >= 11 is 0. The summed E-state index contributed by atoms with van der Waals surface area (Å²) in [5.74, 6) is -1.13. The Hall–Kier alpha value is -3.55. The number of Topliss-reactive ketones (excluding diaryl/α,β-unsaturated/α-hetero) is 1. The maximum absolute atomic E-state index is 12.2. The van der Waals surface area contributed by atoms with Gasteiger partial charge in [0.15, 0.2) is 12.4 Å². The number of non-ortho nitro benzene ring substituents is 1. The maximum Gasteiger partial charge on any atom is 0.338 e. The second-order valence-electron chi connectivity index (χ2n) is 6.53. The van der Waals surface area contributed by atoms with E-state index in [9.17, 15) is 24.5 Å². The largest absolute Gasteiger partial charge is 0.454 e. The Balaban J connectivity index is 1.92. The number of nitrogens with zero attached hydrogens (tertiary/aromatic N) is 1. The van der Waals surface area contributed by atoms with Crippen LogP contribution in [0.4, 0.5) is 11.4 Å². The lowest BCUT2D eigenvalue weighted by atomic mass is 10.1. The van der Waals surface area contributed by atoms with Crippen molar-refractivity contribution in [1.82, 2.24) is 0 Å². The molecule has 0 saturated heterocycles. The third-order valence-electron chi connectivity index (χ3n) is 3.71. The van der Waals surface area contributed by atoms with Gasteiger partial charge >= 0.3 is 5.97 Å². The van der Waals surface area contributed by atoms with Crippen molar-refractivity contribution in [2.75, 3.05) is 11.9 Å². The quantitative estimate of drug-likeness (QED) is 0.322. The fraction of sp³-hybridized carbons (Fsp3) is 0.250. The molecule has 0 saturated carbocycles. The zero-order valence-corrected chi connectivity index (χ0v) is 15.5. The van der Waals surface area contributed by atoms with E-state index < -0.39 is 23.3 Å². The number of rotatable bonds is 8. The van der Waals surface area contributed by atoms with Crippen molar-refractivity contribution in [3.05, 3.63) is 69.8 Å². The van der Waals surface area contributed by atoms with E-state index in [4.69, 9.17) is 4.74 Å². The van der Waals surface area contributed by atoms with E-state index in [2.05, 4.69) is 5.32 Å². The van der Waals surface area contributed by atoms with E-state index in [0.717, 1.165) is 6.07 Å². The summed E-state index contributed by atoms with van der Waals surface area (Å²) in [5.41, 5.74) is 0.630. The highest BCUT2D eigenvalue weighted by molar-refractivity contribution is 6.00. The predicted molar refractivity (Wildman–Crippen MR) is 102 cm³/mol. The van der Waals surface area contributed by atoms with Gasteiger partial charge in [-0.15, -0.1) is 0 Å². The van der Waals surface area contributed by atoms with Gasteiger partial charge in [-0.05, 0) is 36.2 Å². The molecule has 8 nitrogen and oxygen atoms in total. The molecule has 0 unspecified atom stereocenters. The van der Waals surface area contributed by atoms with Crippen molar-refractivity contribution in [3.8, 4) is 0 Å². The Morgan fingerprint density at radius 3 is 2.36 bits per heavy atom. The molecule has 0 bridgehead atoms. The minimum atomic E-state index is -0.824. The highest BCUT2D eigenvalue weighted by Gasteiger charge is 2.15. The molecule has 2 rings (SSSR count). The summed E-state index contributed by atoms with van der Waals surface area (Å²) in [6.07, 6.45) is 0.397. The standard InChI is InChI=1S/C20H20N2O6/c1-13(2)10-19(24)21-16-8-6-14(7-9-16)18(23)12-28-20(25)15-4-3-5-17(11-15)22(26)27/h3-9,11,13H,10,12H2,1-2H3,(H,21,24). The van der Waals surface area contributed by atoms with E-state index in [1.807, 2.05) is 13.8 Å². The van der Waals surface area contributed by atoms with Crippen molar-refractivity contribution in [1.29, 1.82) is 0 Å². The number of hydrogen-bond acceptors (Lipinski definition) is 6. The molecule has 0 radical (unpaired) electrons. The lowest BCUT2D eigenvalue weighted by molar-refractivity contribution is -0.384. The van der Waals surface area contributed by atoms with E-state index in [1.54, 1.807) is 12.1 Å². The zero-order chi connectivity index (χ0) is 20.7. The molecule has 0 spiro atoms. The third-order valence-corrected chi connectivity index (χ3v) is 3.71. The molecule has 0 fully saturated rings. The third kappa shape index (κ3) is 6.01. The number of nitrogens with one attached hydrogen (secondary N) is 1. The first-order valence-corrected chi connectivity index (χ1v) is 8.61. The second kappa shape index (κ2) is 9.40. The van der Waals surface area contributed by atoms with Crippen LogP contribution >= 0.6 is 0 Å². The minimum absolute atomic E-state index is 0.00906. The molecule has 0 aliphatic heterocycles. The number of nitro benzene ring substituents is 1. The van der Waals surface area contributed by atoms with E-state index in [0.29, 0.717) is 17.7 Å². The number of amides is 1. The second-order valence-corrected chi connectivity index (χ2v) is 6.53. The number of esters is 1. The van der Waals surface area contributed by atoms with Crippen molar-refractivity contribution in [2.24, 2.45) is 5.92 Å². The molecule has 28 heavy (non-hydrogen) atoms. The molecule has 2 aromatic rings. The van der Waals surface area contributed by atoms with Crippen molar-refractivity contribution >= 4 is 29.0 Å². The molecule has 146 valence electrons. The van der Waals surface area contributed by atoms with Gasteiger partial charge < -0.3 is 10.1 Å². The molecule has 0 heterocycles. The molecule has 0 aliphatic rings. The van der Waals surface area contributed by atoms with Crippen molar-refractivity contribution in [2.45, 2.75) is 20.3 Å². The number of hydrogen-bond donors (Lipinski definition) is 1. The van der Waals surface area contributed by atoms with Gasteiger partial charge in [-0.1, -0.05) is 19.9 Å². The van der Waals surface area contributed by atoms with Crippen LogP contribution in [0.5, 0.6) is 0 Å². The van der Waals surface area contributed by atoms with Gasteiger partial charge in [0.2, 0.25) is 5.91 Å². The van der Waals surface area contributed by atoms with Gasteiger partial charge in [-0.2, -0.15) is 0 Å². The highest BCUT2D eigenvalue weighted by Crippen LogP contribution is 2.15. The highest BCUT2D eigenvalue weighted by atomic mass is 16.6. The van der Waals surface area contributed by atoms with E-state index in [-0.39, 0.29) is 23.1 Å². The Morgan fingerprint density at radius 2 is 1.75 bits per heavy atom. The monoisotopic (exact) mass is 384 g/mol. The topological polar surface area (TPSA) is 116 Å². The van der Waals surface area contributed by atoms with E-state index >= 15 is 0 Å². The number of carbonyl (C=O) groups excluding carboxylic acids is 3. The predicted octanol–water partition coefficient (Wildman–Crippen LogP) is 3.62. The molecular formula is C20H20N2O6. The Bertz CT molecular complexity index is 890. The summed E-state index contributed by atoms with van der Waals surface area (Å²) < 4.78 is 4.94. The molecule has 8 heteroatoms. The van der Waals surface area contributed by atoms with E-state index in [1.165, 1.54) is 30.3 Å². The Kier molecular flexibility index (Phi) is 6.97. The normalized spacial score (nSPS) is 10.4. The molecule has 1 N–H and O–H groups in total. The molecule has 1 amide bonds. The van der Waals surface area contributed by atoms with Crippen LogP contribution in [-0.4, -0.2) is 29.2 Å².